The second-order valence-corrected chi connectivity index (χ2v) is 10.3. The molecule has 0 amide bonds. The van der Waals surface area contributed by atoms with Crippen molar-refractivity contribution in [2.45, 2.75) is 70.5 Å². The van der Waals surface area contributed by atoms with E-state index in [1.165, 1.54) is 29.0 Å². The van der Waals surface area contributed by atoms with Gasteiger partial charge in [-0.2, -0.15) is 13.2 Å². The molecule has 1 aliphatic carbocycles. The molecule has 198 valence electrons. The summed E-state index contributed by atoms with van der Waals surface area (Å²) in [5.74, 6) is -0.118. The lowest BCUT2D eigenvalue weighted by Gasteiger charge is -2.30. The van der Waals surface area contributed by atoms with E-state index in [1.807, 2.05) is 38.1 Å². The summed E-state index contributed by atoms with van der Waals surface area (Å²) in [5.41, 5.74) is 3.44. The van der Waals surface area contributed by atoms with Gasteiger partial charge in [0.2, 0.25) is 0 Å². The second-order valence-electron chi connectivity index (χ2n) is 10.3. The Morgan fingerprint density at radius 1 is 0.974 bits per heavy atom. The standard InChI is InChI=1S/C30H29F4N3O/c1-18-5-3-7-25(31)27(18)21-12-10-20(11-13-21)24-15-22-9-8-19(2)36-28(22)37(29(24)38)17-26-23(6-4-14-35-26)16-30(32,33)34/h3-9,14-15,20-21H,10-13,16-17H2,1-2H3/t20-,21-. The molecule has 0 N–H and O–H groups in total. The topological polar surface area (TPSA) is 47.8 Å². The summed E-state index contributed by atoms with van der Waals surface area (Å²) in [6, 6.07) is 13.6. The van der Waals surface area contributed by atoms with Crippen molar-refractivity contribution in [3.05, 3.63) is 105 Å². The van der Waals surface area contributed by atoms with Crippen molar-refractivity contribution in [3.8, 4) is 0 Å². The molecule has 0 aliphatic heterocycles. The van der Waals surface area contributed by atoms with Crippen LogP contribution in [0.15, 0.2) is 59.5 Å². The number of hydrogen-bond acceptors (Lipinski definition) is 3. The third-order valence-corrected chi connectivity index (χ3v) is 7.63. The number of nitrogens with zero attached hydrogens (tertiary/aromatic N) is 3. The van der Waals surface area contributed by atoms with Gasteiger partial charge in [-0.1, -0.05) is 18.2 Å². The zero-order valence-electron chi connectivity index (χ0n) is 21.4. The highest BCUT2D eigenvalue weighted by atomic mass is 19.4. The Kier molecular flexibility index (Phi) is 7.07. The number of hydrogen-bond donors (Lipinski definition) is 0. The fourth-order valence-corrected chi connectivity index (χ4v) is 5.80. The van der Waals surface area contributed by atoms with Crippen LogP contribution in [-0.2, 0) is 13.0 Å². The zero-order chi connectivity index (χ0) is 27.0. The minimum Gasteiger partial charge on any atom is -0.286 e. The SMILES string of the molecule is Cc1ccc2cc([C@H]3CC[C@H](c4c(C)cccc4F)CC3)c(=O)n(Cc3ncccc3CC(F)(F)F)c2n1. The van der Waals surface area contributed by atoms with Crippen LogP contribution in [0.3, 0.4) is 0 Å². The molecule has 1 aliphatic rings. The number of aryl methyl sites for hydroxylation is 2. The molecule has 4 nitrogen and oxygen atoms in total. The summed E-state index contributed by atoms with van der Waals surface area (Å²) < 4.78 is 55.7. The van der Waals surface area contributed by atoms with Crippen LogP contribution in [0.5, 0.6) is 0 Å². The summed E-state index contributed by atoms with van der Waals surface area (Å²) >= 11 is 0. The zero-order valence-corrected chi connectivity index (χ0v) is 21.4. The Hall–Kier alpha value is -3.55. The first-order chi connectivity index (χ1) is 18.1. The molecule has 0 saturated heterocycles. The van der Waals surface area contributed by atoms with E-state index >= 15 is 0 Å². The number of halogens is 4. The number of fused-ring (bicyclic) bond motifs is 1. The summed E-state index contributed by atoms with van der Waals surface area (Å²) in [6.07, 6.45) is -1.11. The monoisotopic (exact) mass is 523 g/mol. The van der Waals surface area contributed by atoms with Crippen LogP contribution in [0.2, 0.25) is 0 Å². The average Bonchev–Trinajstić information content (AvgIpc) is 2.86. The normalized spacial score (nSPS) is 18.2. The molecular formula is C30H29F4N3O. The first kappa shape index (κ1) is 26.1. The van der Waals surface area contributed by atoms with Gasteiger partial charge in [0.05, 0.1) is 18.7 Å². The number of benzene rings is 1. The van der Waals surface area contributed by atoms with Crippen molar-refractivity contribution in [1.29, 1.82) is 0 Å². The Morgan fingerprint density at radius 2 is 1.71 bits per heavy atom. The van der Waals surface area contributed by atoms with Crippen LogP contribution in [0.1, 0.15) is 71.2 Å². The Bertz CT molecular complexity index is 1520. The highest BCUT2D eigenvalue weighted by molar-refractivity contribution is 5.76. The first-order valence-corrected chi connectivity index (χ1v) is 12.9. The molecule has 0 radical (unpaired) electrons. The molecule has 1 fully saturated rings. The van der Waals surface area contributed by atoms with E-state index in [1.54, 1.807) is 6.07 Å². The van der Waals surface area contributed by atoms with Crippen molar-refractivity contribution in [2.75, 3.05) is 0 Å². The van der Waals surface area contributed by atoms with Gasteiger partial charge in [-0.3, -0.25) is 14.3 Å². The van der Waals surface area contributed by atoms with E-state index in [2.05, 4.69) is 9.97 Å². The molecule has 1 aromatic carbocycles. The van der Waals surface area contributed by atoms with Crippen LogP contribution in [0, 0.1) is 19.7 Å². The smallest absolute Gasteiger partial charge is 0.286 e. The Balaban J connectivity index is 1.51. The van der Waals surface area contributed by atoms with E-state index < -0.39 is 12.6 Å². The van der Waals surface area contributed by atoms with Gasteiger partial charge in [0.1, 0.15) is 11.5 Å². The van der Waals surface area contributed by atoms with Crippen LogP contribution >= 0.6 is 0 Å². The lowest BCUT2D eigenvalue weighted by molar-refractivity contribution is -0.127. The summed E-state index contributed by atoms with van der Waals surface area (Å²) in [7, 11) is 0. The summed E-state index contributed by atoms with van der Waals surface area (Å²) in [4.78, 5) is 22.6. The van der Waals surface area contributed by atoms with Gasteiger partial charge in [-0.25, -0.2) is 9.37 Å². The van der Waals surface area contributed by atoms with Gasteiger partial charge >= 0.3 is 6.18 Å². The molecule has 8 heteroatoms. The van der Waals surface area contributed by atoms with E-state index in [0.717, 1.165) is 42.2 Å². The molecule has 0 spiro atoms. The largest absolute Gasteiger partial charge is 0.393 e. The summed E-state index contributed by atoms with van der Waals surface area (Å²) in [6.45, 7) is 3.63. The molecule has 5 rings (SSSR count). The van der Waals surface area contributed by atoms with Gasteiger partial charge in [0.25, 0.3) is 5.56 Å². The molecule has 0 bridgehead atoms. The fourth-order valence-electron chi connectivity index (χ4n) is 5.80. The van der Waals surface area contributed by atoms with Crippen molar-refractivity contribution < 1.29 is 17.6 Å². The minimum absolute atomic E-state index is 0.0267. The van der Waals surface area contributed by atoms with Crippen molar-refractivity contribution in [2.24, 2.45) is 0 Å². The van der Waals surface area contributed by atoms with Crippen LogP contribution in [0.25, 0.3) is 11.0 Å². The molecule has 38 heavy (non-hydrogen) atoms. The Labute approximate surface area is 218 Å². The average molecular weight is 524 g/mol. The predicted molar refractivity (Wildman–Crippen MR) is 139 cm³/mol. The van der Waals surface area contributed by atoms with Gasteiger partial charge in [-0.05, 0) is 98.4 Å². The summed E-state index contributed by atoms with van der Waals surface area (Å²) in [5, 5.41) is 0.755. The maximum Gasteiger partial charge on any atom is 0.393 e. The molecule has 1 saturated carbocycles. The molecule has 4 aromatic rings. The van der Waals surface area contributed by atoms with Crippen molar-refractivity contribution >= 4 is 11.0 Å². The van der Waals surface area contributed by atoms with Crippen molar-refractivity contribution in [3.63, 3.8) is 0 Å². The van der Waals surface area contributed by atoms with E-state index in [-0.39, 0.29) is 41.0 Å². The quantitative estimate of drug-likeness (QED) is 0.261. The van der Waals surface area contributed by atoms with Crippen LogP contribution < -0.4 is 5.56 Å². The Morgan fingerprint density at radius 3 is 2.42 bits per heavy atom. The highest BCUT2D eigenvalue weighted by Crippen LogP contribution is 2.41. The number of pyridine rings is 3. The predicted octanol–water partition coefficient (Wildman–Crippen LogP) is 7.14. The number of aromatic nitrogens is 3. The van der Waals surface area contributed by atoms with Gasteiger partial charge < -0.3 is 0 Å². The van der Waals surface area contributed by atoms with Gasteiger partial charge in [0, 0.05) is 22.8 Å². The van der Waals surface area contributed by atoms with Gasteiger partial charge in [0.15, 0.2) is 0 Å². The van der Waals surface area contributed by atoms with E-state index in [9.17, 15) is 22.4 Å². The molecular weight excluding hydrogens is 494 g/mol. The highest BCUT2D eigenvalue weighted by Gasteiger charge is 2.31. The maximum atomic E-state index is 14.6. The van der Waals surface area contributed by atoms with E-state index in [4.69, 9.17) is 0 Å². The number of alkyl halides is 3. The van der Waals surface area contributed by atoms with Crippen molar-refractivity contribution in [1.82, 2.24) is 14.5 Å². The molecule has 0 unspecified atom stereocenters. The first-order valence-electron chi connectivity index (χ1n) is 12.9. The number of rotatable bonds is 5. The molecule has 3 heterocycles. The third-order valence-electron chi connectivity index (χ3n) is 7.63. The minimum atomic E-state index is -4.39. The second kappa shape index (κ2) is 10.3. The van der Waals surface area contributed by atoms with Crippen LogP contribution in [0.4, 0.5) is 17.6 Å². The molecule has 0 atom stereocenters. The fraction of sp³-hybridized carbons (Fsp3) is 0.367. The van der Waals surface area contributed by atoms with Crippen LogP contribution in [-0.4, -0.2) is 20.7 Å². The lowest BCUT2D eigenvalue weighted by Crippen LogP contribution is -2.29. The maximum absolute atomic E-state index is 14.6. The third kappa shape index (κ3) is 5.35. The lowest BCUT2D eigenvalue weighted by atomic mass is 9.75. The van der Waals surface area contributed by atoms with E-state index in [0.29, 0.717) is 16.9 Å². The molecule has 3 aromatic heterocycles. The van der Waals surface area contributed by atoms with Gasteiger partial charge in [-0.15, -0.1) is 0 Å².